The van der Waals surface area contributed by atoms with Crippen LogP contribution in [0.1, 0.15) is 56.9 Å². The molecule has 2 aliphatic carbocycles. The molecule has 0 radical (unpaired) electrons. The molecule has 0 amide bonds. The first kappa shape index (κ1) is 35.0. The SMILES string of the molecule is CO[Si](C)(CCC1CCC2OC2C1)O[Si](C)(C)CCC1CCC(OC(=O)COc2ccc([I-]c3ccc(C)cc3)cc2)C(O)C1. The fraction of sp³-hybridized carbons (Fsp3) is 0.629. The van der Waals surface area contributed by atoms with Gasteiger partial charge in [0, 0.05) is 7.11 Å². The van der Waals surface area contributed by atoms with Crippen LogP contribution in [0.25, 0.3) is 0 Å². The van der Waals surface area contributed by atoms with Crippen molar-refractivity contribution >= 4 is 22.8 Å². The van der Waals surface area contributed by atoms with Gasteiger partial charge in [0.05, 0.1) is 12.2 Å². The van der Waals surface area contributed by atoms with Gasteiger partial charge in [-0.15, -0.1) is 0 Å². The zero-order chi connectivity index (χ0) is 32.0. The van der Waals surface area contributed by atoms with E-state index in [1.807, 2.05) is 19.2 Å². The monoisotopic (exact) mass is 767 g/mol. The third kappa shape index (κ3) is 10.9. The van der Waals surface area contributed by atoms with Gasteiger partial charge in [-0.1, -0.05) is 6.42 Å². The number of rotatable bonds is 15. The minimum absolute atomic E-state index is 0.159. The molecule has 7 nitrogen and oxygen atoms in total. The number of aryl methyl sites for hydroxylation is 1. The standard InChI is InChI=1S/C35H52IO7Si2/c1-25-6-10-28(11-7-25)36-29-12-14-30(15-13-29)40-24-35(38)42-32-16-8-26(22-31(32)37)18-20-44(3,4)43-45(5,39-2)21-19-27-9-17-33-34(23-27)41-33/h6-7,10-15,26-27,31-34,37H,8-9,16-24H2,1-5H3/q-1. The van der Waals surface area contributed by atoms with Crippen LogP contribution in [0.3, 0.4) is 0 Å². The van der Waals surface area contributed by atoms with Crippen LogP contribution in [0.5, 0.6) is 5.75 Å². The van der Waals surface area contributed by atoms with Gasteiger partial charge < -0.3 is 13.3 Å². The summed E-state index contributed by atoms with van der Waals surface area (Å²) in [7, 11) is -2.34. The van der Waals surface area contributed by atoms with E-state index in [1.165, 1.54) is 38.4 Å². The molecule has 0 spiro atoms. The van der Waals surface area contributed by atoms with Crippen molar-refractivity contribution in [2.24, 2.45) is 11.8 Å². The number of ether oxygens (including phenoxy) is 3. The first-order valence-corrected chi connectivity index (χ1v) is 24.5. The average molecular weight is 768 g/mol. The summed E-state index contributed by atoms with van der Waals surface area (Å²) >= 11 is -0.250. The first-order chi connectivity index (χ1) is 21.5. The molecule has 2 saturated carbocycles. The summed E-state index contributed by atoms with van der Waals surface area (Å²) in [6.07, 6.45) is 8.12. The summed E-state index contributed by atoms with van der Waals surface area (Å²) in [5.74, 6) is 1.36. The van der Waals surface area contributed by atoms with Crippen molar-refractivity contribution in [2.45, 2.75) is 114 Å². The topological polar surface area (TPSA) is 86.8 Å². The van der Waals surface area contributed by atoms with Crippen LogP contribution in [0.4, 0.5) is 0 Å². The minimum atomic E-state index is -2.23. The average Bonchev–Trinajstić information content (AvgIpc) is 3.80. The Morgan fingerprint density at radius 2 is 1.53 bits per heavy atom. The molecule has 3 fully saturated rings. The zero-order valence-corrected chi connectivity index (χ0v) is 31.8. The Morgan fingerprint density at radius 1 is 0.889 bits per heavy atom. The van der Waals surface area contributed by atoms with Crippen LogP contribution in [0, 0.1) is 25.9 Å². The predicted octanol–water partition coefficient (Wildman–Crippen LogP) is 3.86. The van der Waals surface area contributed by atoms with Crippen molar-refractivity contribution in [3.8, 4) is 5.75 Å². The number of esters is 1. The summed E-state index contributed by atoms with van der Waals surface area (Å²) in [5, 5.41) is 10.9. The van der Waals surface area contributed by atoms with E-state index in [-0.39, 0.29) is 27.8 Å². The van der Waals surface area contributed by atoms with Gasteiger partial charge in [0.1, 0.15) is 0 Å². The Morgan fingerprint density at radius 3 is 2.20 bits per heavy atom. The van der Waals surface area contributed by atoms with Gasteiger partial charge in [0.2, 0.25) is 0 Å². The molecule has 10 heteroatoms. The zero-order valence-electron chi connectivity index (χ0n) is 27.6. The molecule has 5 rings (SSSR count). The molecule has 250 valence electrons. The Hall–Kier alpha value is -1.29. The molecule has 2 aromatic rings. The quantitative estimate of drug-likeness (QED) is 0.128. The van der Waals surface area contributed by atoms with E-state index < -0.39 is 35.1 Å². The third-order valence-electron chi connectivity index (χ3n) is 9.74. The summed E-state index contributed by atoms with van der Waals surface area (Å²) in [5.41, 5.74) is 1.27. The van der Waals surface area contributed by atoms with E-state index in [2.05, 4.69) is 63.0 Å². The van der Waals surface area contributed by atoms with E-state index in [0.717, 1.165) is 30.8 Å². The van der Waals surface area contributed by atoms with Crippen molar-refractivity contribution in [2.75, 3.05) is 13.7 Å². The predicted molar refractivity (Wildman–Crippen MR) is 176 cm³/mol. The van der Waals surface area contributed by atoms with Crippen molar-refractivity contribution in [3.63, 3.8) is 0 Å². The molecular formula is C35H52IO7Si2-. The molecule has 0 bridgehead atoms. The maximum atomic E-state index is 12.6. The number of aliphatic hydroxyl groups is 1. The van der Waals surface area contributed by atoms with Crippen molar-refractivity contribution in [1.82, 2.24) is 0 Å². The molecule has 7 atom stereocenters. The number of carbonyl (C=O) groups excluding carboxylic acids is 1. The van der Waals surface area contributed by atoms with Crippen LogP contribution < -0.4 is 25.9 Å². The number of epoxide rings is 1. The molecule has 3 aliphatic rings. The number of hydrogen-bond donors (Lipinski definition) is 1. The second-order valence-electron chi connectivity index (χ2n) is 14.1. The molecule has 0 aromatic heterocycles. The Labute approximate surface area is 282 Å². The molecule has 45 heavy (non-hydrogen) atoms. The Kier molecular flexibility index (Phi) is 12.3. The normalized spacial score (nSPS) is 27.8. The van der Waals surface area contributed by atoms with E-state index in [0.29, 0.717) is 36.7 Å². The van der Waals surface area contributed by atoms with E-state index in [1.54, 1.807) is 0 Å². The number of fused-ring (bicyclic) bond motifs is 1. The number of aliphatic hydroxyl groups excluding tert-OH is 1. The second-order valence-corrected chi connectivity index (χ2v) is 25.1. The number of benzene rings is 2. The third-order valence-corrected chi connectivity index (χ3v) is 19.9. The van der Waals surface area contributed by atoms with Gasteiger partial charge in [0.25, 0.3) is 0 Å². The van der Waals surface area contributed by atoms with Crippen molar-refractivity contribution < 1.29 is 53.9 Å². The molecular weight excluding hydrogens is 715 g/mol. The number of carbonyl (C=O) groups is 1. The van der Waals surface area contributed by atoms with Gasteiger partial charge in [-0.05, 0) is 63.3 Å². The summed E-state index contributed by atoms with van der Waals surface area (Å²) < 4.78 is 32.7. The summed E-state index contributed by atoms with van der Waals surface area (Å²) in [6.45, 7) is 8.79. The maximum absolute atomic E-state index is 12.6. The molecule has 1 N–H and O–H groups in total. The van der Waals surface area contributed by atoms with Gasteiger partial charge in [0.15, 0.2) is 8.32 Å². The molecule has 7 unspecified atom stereocenters. The first-order valence-electron chi connectivity index (χ1n) is 16.7. The van der Waals surface area contributed by atoms with Crippen molar-refractivity contribution in [1.29, 1.82) is 0 Å². The molecule has 1 aliphatic heterocycles. The van der Waals surface area contributed by atoms with Gasteiger partial charge >= 0.3 is 173 Å². The van der Waals surface area contributed by atoms with E-state index >= 15 is 0 Å². The van der Waals surface area contributed by atoms with Crippen LogP contribution in [-0.2, 0) is 22.8 Å². The summed E-state index contributed by atoms with van der Waals surface area (Å²) in [6, 6.07) is 18.7. The van der Waals surface area contributed by atoms with Gasteiger partial charge in [-0.3, -0.25) is 0 Å². The Balaban J connectivity index is 0.986. The fourth-order valence-electron chi connectivity index (χ4n) is 6.86. The molecule has 1 heterocycles. The molecule has 1 saturated heterocycles. The van der Waals surface area contributed by atoms with Crippen molar-refractivity contribution in [3.05, 3.63) is 61.2 Å². The Bertz CT molecular complexity index is 1240. The second kappa shape index (κ2) is 15.7. The molecule has 2 aromatic carbocycles. The van der Waals surface area contributed by atoms with Crippen LogP contribution in [-0.4, -0.2) is 66.1 Å². The van der Waals surface area contributed by atoms with E-state index in [4.69, 9.17) is 22.8 Å². The fourth-order valence-corrected chi connectivity index (χ4v) is 17.1. The number of halogens is 1. The van der Waals surface area contributed by atoms with Gasteiger partial charge in [-0.2, -0.15) is 0 Å². The van der Waals surface area contributed by atoms with E-state index in [9.17, 15) is 9.90 Å². The van der Waals surface area contributed by atoms with Gasteiger partial charge in [-0.25, -0.2) is 0 Å². The van der Waals surface area contributed by atoms with Crippen LogP contribution in [0.15, 0.2) is 48.5 Å². The van der Waals surface area contributed by atoms with Crippen LogP contribution >= 0.6 is 0 Å². The summed E-state index contributed by atoms with van der Waals surface area (Å²) in [4.78, 5) is 12.6. The number of hydrogen-bond acceptors (Lipinski definition) is 7. The van der Waals surface area contributed by atoms with Crippen LogP contribution in [0.2, 0.25) is 31.7 Å².